The largest absolute Gasteiger partial charge is 0.352 e. The van der Waals surface area contributed by atoms with Crippen LogP contribution in [-0.4, -0.2) is 39.6 Å². The van der Waals surface area contributed by atoms with E-state index in [-0.39, 0.29) is 38.9 Å². The predicted octanol–water partition coefficient (Wildman–Crippen LogP) is 5.79. The molecule has 4 heterocycles. The van der Waals surface area contributed by atoms with Gasteiger partial charge in [-0.2, -0.15) is 5.26 Å². The fourth-order valence-electron chi connectivity index (χ4n) is 3.78. The van der Waals surface area contributed by atoms with Crippen LogP contribution in [0.4, 0.5) is 31.8 Å². The van der Waals surface area contributed by atoms with Gasteiger partial charge in [-0.05, 0) is 44.2 Å². The first-order valence-electron chi connectivity index (χ1n) is 11.4. The standard InChI is InChI=1S/C25H20F2N8O2S2/c1-12-13(2)38-25(29-12)14-7-8-16(18(9-14)39(3,36)37)31-17-10-20(32-19-6-4-5-15(11-28)30-19)33-23-21(17)34-24(35-23)22(26)27/h4-10,22H,1-3H3,(H3,30,31,32,33,34,35). The normalized spacial score (nSPS) is 11.6. The van der Waals surface area contributed by atoms with Crippen LogP contribution in [0.25, 0.3) is 21.7 Å². The molecule has 1 aromatic carbocycles. The van der Waals surface area contributed by atoms with Gasteiger partial charge in [0, 0.05) is 22.8 Å². The van der Waals surface area contributed by atoms with E-state index in [0.717, 1.165) is 16.8 Å². The maximum atomic E-state index is 13.5. The second kappa shape index (κ2) is 10.0. The van der Waals surface area contributed by atoms with Gasteiger partial charge >= 0.3 is 0 Å². The van der Waals surface area contributed by atoms with E-state index in [1.165, 1.54) is 29.5 Å². The van der Waals surface area contributed by atoms with E-state index < -0.39 is 22.1 Å². The lowest BCUT2D eigenvalue weighted by Crippen LogP contribution is -2.05. The minimum atomic E-state index is -3.72. The highest BCUT2D eigenvalue weighted by Gasteiger charge is 2.21. The molecule has 5 aromatic rings. The van der Waals surface area contributed by atoms with Gasteiger partial charge in [0.2, 0.25) is 0 Å². The molecule has 0 unspecified atom stereocenters. The Morgan fingerprint density at radius 3 is 2.46 bits per heavy atom. The van der Waals surface area contributed by atoms with E-state index in [1.54, 1.807) is 24.3 Å². The summed E-state index contributed by atoms with van der Waals surface area (Å²) in [6.45, 7) is 3.82. The third-order valence-corrected chi connectivity index (χ3v) is 7.98. The second-order valence-corrected chi connectivity index (χ2v) is 11.8. The third kappa shape index (κ3) is 5.40. The number of rotatable bonds is 7. The number of alkyl halides is 2. The fraction of sp³-hybridized carbons (Fsp3) is 0.160. The SMILES string of the molecule is Cc1nc(-c2ccc(Nc3cc(Nc4cccc(C#N)n4)nc4[nH]c(C(F)F)nc34)c(S(C)(=O)=O)c2)sc1C. The zero-order chi connectivity index (χ0) is 27.9. The predicted molar refractivity (Wildman–Crippen MR) is 144 cm³/mol. The lowest BCUT2D eigenvalue weighted by molar-refractivity contribution is 0.142. The molecular weight excluding hydrogens is 546 g/mol. The first-order chi connectivity index (χ1) is 18.5. The number of fused-ring (bicyclic) bond motifs is 1. The number of anilines is 4. The van der Waals surface area contributed by atoms with Crippen molar-refractivity contribution in [1.82, 2.24) is 24.9 Å². The molecule has 0 aliphatic carbocycles. The Balaban J connectivity index is 1.61. The van der Waals surface area contributed by atoms with E-state index in [4.69, 9.17) is 5.26 Å². The molecule has 0 amide bonds. The third-order valence-electron chi connectivity index (χ3n) is 5.72. The van der Waals surface area contributed by atoms with E-state index in [9.17, 15) is 17.2 Å². The molecule has 0 atom stereocenters. The summed E-state index contributed by atoms with van der Waals surface area (Å²) in [6, 6.07) is 13.1. The summed E-state index contributed by atoms with van der Waals surface area (Å²) in [5, 5.41) is 15.8. The number of hydrogen-bond acceptors (Lipinski definition) is 10. The van der Waals surface area contributed by atoms with E-state index >= 15 is 0 Å². The molecule has 0 saturated carbocycles. The Kier molecular flexibility index (Phi) is 6.71. The molecule has 5 rings (SSSR count). The smallest absolute Gasteiger partial charge is 0.295 e. The summed E-state index contributed by atoms with van der Waals surface area (Å²) in [4.78, 5) is 20.5. The van der Waals surface area contributed by atoms with E-state index in [0.29, 0.717) is 16.4 Å². The van der Waals surface area contributed by atoms with Gasteiger partial charge in [-0.25, -0.2) is 37.1 Å². The zero-order valence-electron chi connectivity index (χ0n) is 20.7. The van der Waals surface area contributed by atoms with Gasteiger partial charge in [-0.15, -0.1) is 11.3 Å². The molecule has 10 nitrogen and oxygen atoms in total. The van der Waals surface area contributed by atoms with Crippen LogP contribution in [0.2, 0.25) is 0 Å². The highest BCUT2D eigenvalue weighted by atomic mass is 32.2. The summed E-state index contributed by atoms with van der Waals surface area (Å²) in [5.74, 6) is -0.0884. The summed E-state index contributed by atoms with van der Waals surface area (Å²) in [7, 11) is -3.72. The number of H-pyrrole nitrogens is 1. The van der Waals surface area contributed by atoms with Crippen LogP contribution in [0, 0.1) is 25.2 Å². The topological polar surface area (TPSA) is 149 Å². The average Bonchev–Trinajstić information content (AvgIpc) is 3.47. The Morgan fingerprint density at radius 2 is 1.79 bits per heavy atom. The van der Waals surface area contributed by atoms with Gasteiger partial charge < -0.3 is 15.6 Å². The summed E-state index contributed by atoms with van der Waals surface area (Å²) in [5.41, 5.74) is 2.24. The molecule has 0 aliphatic rings. The Bertz CT molecular complexity index is 1860. The lowest BCUT2D eigenvalue weighted by atomic mass is 10.2. The maximum absolute atomic E-state index is 13.5. The molecule has 0 radical (unpaired) electrons. The van der Waals surface area contributed by atoms with Crippen molar-refractivity contribution in [3.63, 3.8) is 0 Å². The number of aromatic amines is 1. The van der Waals surface area contributed by atoms with Crippen molar-refractivity contribution in [3.05, 3.63) is 64.6 Å². The lowest BCUT2D eigenvalue weighted by Gasteiger charge is -2.14. The summed E-state index contributed by atoms with van der Waals surface area (Å²) >= 11 is 1.46. The van der Waals surface area contributed by atoms with Crippen molar-refractivity contribution in [2.24, 2.45) is 0 Å². The van der Waals surface area contributed by atoms with Gasteiger partial charge in [0.25, 0.3) is 6.43 Å². The monoisotopic (exact) mass is 566 g/mol. The highest BCUT2D eigenvalue weighted by molar-refractivity contribution is 7.90. The van der Waals surface area contributed by atoms with Crippen molar-refractivity contribution in [2.75, 3.05) is 16.9 Å². The van der Waals surface area contributed by atoms with Gasteiger partial charge in [-0.1, -0.05) is 6.07 Å². The minimum Gasteiger partial charge on any atom is -0.352 e. The van der Waals surface area contributed by atoms with Crippen LogP contribution in [0.3, 0.4) is 0 Å². The molecule has 0 spiro atoms. The van der Waals surface area contributed by atoms with E-state index in [1.807, 2.05) is 19.9 Å². The summed E-state index contributed by atoms with van der Waals surface area (Å²) in [6.07, 6.45) is -1.80. The first kappa shape index (κ1) is 26.1. The quantitative estimate of drug-likeness (QED) is 0.222. The molecule has 39 heavy (non-hydrogen) atoms. The number of nitriles is 1. The van der Waals surface area contributed by atoms with Gasteiger partial charge in [-0.3, -0.25) is 0 Å². The van der Waals surface area contributed by atoms with Gasteiger partial charge in [0.15, 0.2) is 21.3 Å². The minimum absolute atomic E-state index is 0.00187. The van der Waals surface area contributed by atoms with Crippen molar-refractivity contribution < 1.29 is 17.2 Å². The molecule has 0 bridgehead atoms. The van der Waals surface area contributed by atoms with Gasteiger partial charge in [0.05, 0.1) is 22.0 Å². The summed E-state index contributed by atoms with van der Waals surface area (Å²) < 4.78 is 52.5. The molecule has 3 N–H and O–H groups in total. The number of hydrogen-bond donors (Lipinski definition) is 3. The number of pyridine rings is 2. The van der Waals surface area contributed by atoms with Crippen molar-refractivity contribution in [3.8, 4) is 16.6 Å². The number of aryl methyl sites for hydroxylation is 2. The number of halogens is 2. The van der Waals surface area contributed by atoms with Crippen LogP contribution < -0.4 is 10.6 Å². The zero-order valence-corrected chi connectivity index (χ0v) is 22.4. The highest BCUT2D eigenvalue weighted by Crippen LogP contribution is 2.36. The number of nitrogens with one attached hydrogen (secondary N) is 3. The number of nitrogens with zero attached hydrogens (tertiary/aromatic N) is 5. The molecule has 14 heteroatoms. The van der Waals surface area contributed by atoms with Crippen molar-refractivity contribution >= 4 is 55.3 Å². The molecule has 0 fully saturated rings. The first-order valence-corrected chi connectivity index (χ1v) is 14.1. The molecule has 0 saturated heterocycles. The number of aromatic nitrogens is 5. The molecule has 4 aromatic heterocycles. The number of sulfone groups is 1. The van der Waals surface area contributed by atoms with Crippen LogP contribution in [0.1, 0.15) is 28.5 Å². The number of imidazole rings is 1. The van der Waals surface area contributed by atoms with E-state index in [2.05, 4.69) is 35.6 Å². The maximum Gasteiger partial charge on any atom is 0.295 e. The van der Waals surface area contributed by atoms with Crippen LogP contribution in [0.15, 0.2) is 47.4 Å². The van der Waals surface area contributed by atoms with Crippen molar-refractivity contribution in [1.29, 1.82) is 5.26 Å². The molecule has 0 aliphatic heterocycles. The average molecular weight is 567 g/mol. The number of thiazole rings is 1. The molecule has 198 valence electrons. The van der Waals surface area contributed by atoms with Crippen molar-refractivity contribution in [2.45, 2.75) is 25.2 Å². The Labute approximate surface area is 225 Å². The number of benzene rings is 1. The van der Waals surface area contributed by atoms with Crippen LogP contribution in [0.5, 0.6) is 0 Å². The second-order valence-electron chi connectivity index (χ2n) is 8.59. The Morgan fingerprint density at radius 1 is 1.00 bits per heavy atom. The van der Waals surface area contributed by atoms with Gasteiger partial charge in [0.1, 0.15) is 33.9 Å². The fourth-order valence-corrected chi connectivity index (χ4v) is 5.55. The molecular formula is C25H20F2N8O2S2. The van der Waals surface area contributed by atoms with Crippen LogP contribution in [-0.2, 0) is 9.84 Å². The van der Waals surface area contributed by atoms with Crippen LogP contribution >= 0.6 is 11.3 Å². The Hall–Kier alpha value is -4.48.